The van der Waals surface area contributed by atoms with Crippen molar-refractivity contribution >= 4 is 72.1 Å². The fourth-order valence-corrected chi connectivity index (χ4v) is 9.09. The first-order valence-corrected chi connectivity index (χ1v) is 20.0. The molecule has 9 aromatic rings. The van der Waals surface area contributed by atoms with E-state index in [1.165, 1.54) is 49.0 Å². The van der Waals surface area contributed by atoms with E-state index in [1.54, 1.807) is 0 Å². The van der Waals surface area contributed by atoms with Crippen molar-refractivity contribution in [2.75, 3.05) is 4.90 Å². The zero-order chi connectivity index (χ0) is 38.6. The van der Waals surface area contributed by atoms with E-state index in [-0.39, 0.29) is 0 Å². The third-order valence-corrected chi connectivity index (χ3v) is 12.0. The molecule has 8 aromatic carbocycles. The minimum absolute atomic E-state index is 0.330. The third-order valence-electron chi connectivity index (χ3n) is 12.0. The van der Waals surface area contributed by atoms with Gasteiger partial charge in [0.2, 0.25) is 0 Å². The Labute approximate surface area is 338 Å². The highest BCUT2D eigenvalue weighted by molar-refractivity contribution is 6.11. The number of anilines is 1. The van der Waals surface area contributed by atoms with Gasteiger partial charge in [-0.15, -0.1) is 0 Å². The molecule has 0 amide bonds. The van der Waals surface area contributed by atoms with Gasteiger partial charge in [0.25, 0.3) is 0 Å². The highest BCUT2D eigenvalue weighted by atomic mass is 16.3. The first-order valence-electron chi connectivity index (χ1n) is 20.0. The Bertz CT molecular complexity index is 3290. The summed E-state index contributed by atoms with van der Waals surface area (Å²) >= 11 is 0. The summed E-state index contributed by atoms with van der Waals surface area (Å²) in [5.41, 5.74) is 12.4. The van der Waals surface area contributed by atoms with Gasteiger partial charge in [-0.05, 0) is 121 Å². The van der Waals surface area contributed by atoms with Crippen LogP contribution < -0.4 is 4.90 Å². The first kappa shape index (κ1) is 33.9. The highest BCUT2D eigenvalue weighted by Crippen LogP contribution is 2.44. The molecule has 0 spiro atoms. The Morgan fingerprint density at radius 3 is 2.29 bits per heavy atom. The van der Waals surface area contributed by atoms with Gasteiger partial charge in [-0.25, -0.2) is 0 Å². The standard InChI is InChI=1S/C56H39NO/c1-2-45(17-11-12-37-22-29-49-42(32-37)25-23-38-13-5-7-18-47(38)49)57(46-28-30-50-43(33-46)26-24-39-14-6-8-19-48(39)50)54-21-10-9-20-51(54)44-27-31-55-52(35-44)53-34-40-15-3-4-16-41(40)36-56(53)58-55/h2-29,31-36,50H,1,30H2/b12-11+,45-17+. The molecule has 58 heavy (non-hydrogen) atoms. The SMILES string of the molecule is C=C/C(=C\C=C\c1ccc2c(ccc3ccccc32)c1)N(C1=CCC2C(=C1)C=Cc1ccccc12)c1ccccc1-c1ccc2oc3cc4ccccc4cc3c2c1. The predicted molar refractivity (Wildman–Crippen MR) is 247 cm³/mol. The molecule has 0 N–H and O–H groups in total. The number of para-hydroxylation sites is 1. The maximum absolute atomic E-state index is 6.41. The van der Waals surface area contributed by atoms with Crippen molar-refractivity contribution in [2.45, 2.75) is 12.3 Å². The summed E-state index contributed by atoms with van der Waals surface area (Å²) in [4.78, 5) is 2.38. The van der Waals surface area contributed by atoms with Crippen LogP contribution in [0, 0.1) is 0 Å². The number of nitrogens with zero attached hydrogens (tertiary/aromatic N) is 1. The number of rotatable bonds is 7. The molecular formula is C56H39NO. The molecule has 2 aliphatic rings. The molecule has 2 nitrogen and oxygen atoms in total. The average Bonchev–Trinajstić information content (AvgIpc) is 3.64. The van der Waals surface area contributed by atoms with Crippen molar-refractivity contribution in [3.63, 3.8) is 0 Å². The van der Waals surface area contributed by atoms with Crippen LogP contribution in [0.5, 0.6) is 0 Å². The quantitative estimate of drug-likeness (QED) is 0.119. The highest BCUT2D eigenvalue weighted by Gasteiger charge is 2.27. The van der Waals surface area contributed by atoms with Crippen LogP contribution in [0.1, 0.15) is 29.0 Å². The summed E-state index contributed by atoms with van der Waals surface area (Å²) in [6, 6.07) is 56.7. The van der Waals surface area contributed by atoms with Gasteiger partial charge in [0.1, 0.15) is 11.2 Å². The molecule has 1 aromatic heterocycles. The van der Waals surface area contributed by atoms with E-state index in [1.807, 2.05) is 6.08 Å². The van der Waals surface area contributed by atoms with E-state index in [0.29, 0.717) is 5.92 Å². The van der Waals surface area contributed by atoms with Crippen molar-refractivity contribution in [1.82, 2.24) is 0 Å². The van der Waals surface area contributed by atoms with Gasteiger partial charge >= 0.3 is 0 Å². The van der Waals surface area contributed by atoms with Crippen molar-refractivity contribution in [2.24, 2.45) is 0 Å². The second kappa shape index (κ2) is 14.0. The molecule has 1 unspecified atom stereocenters. The summed E-state index contributed by atoms with van der Waals surface area (Å²) < 4.78 is 6.41. The minimum Gasteiger partial charge on any atom is -0.456 e. The van der Waals surface area contributed by atoms with Crippen LogP contribution >= 0.6 is 0 Å². The molecule has 1 heterocycles. The van der Waals surface area contributed by atoms with Crippen LogP contribution in [0.2, 0.25) is 0 Å². The summed E-state index contributed by atoms with van der Waals surface area (Å²) in [6.07, 6.45) is 18.7. The maximum Gasteiger partial charge on any atom is 0.136 e. The zero-order valence-corrected chi connectivity index (χ0v) is 32.0. The molecule has 0 aliphatic heterocycles. The fourth-order valence-electron chi connectivity index (χ4n) is 9.09. The monoisotopic (exact) mass is 741 g/mol. The first-order chi connectivity index (χ1) is 28.7. The van der Waals surface area contributed by atoms with Crippen LogP contribution in [0.4, 0.5) is 5.69 Å². The maximum atomic E-state index is 6.41. The predicted octanol–water partition coefficient (Wildman–Crippen LogP) is 15.3. The average molecular weight is 742 g/mol. The van der Waals surface area contributed by atoms with Crippen LogP contribution in [0.15, 0.2) is 222 Å². The molecule has 2 heteroatoms. The molecule has 0 fully saturated rings. The molecular weight excluding hydrogens is 703 g/mol. The van der Waals surface area contributed by atoms with Gasteiger partial charge in [0.15, 0.2) is 0 Å². The molecule has 274 valence electrons. The lowest BCUT2D eigenvalue weighted by Crippen LogP contribution is -2.23. The molecule has 2 aliphatic carbocycles. The Kier molecular flexibility index (Phi) is 8.15. The van der Waals surface area contributed by atoms with E-state index in [2.05, 4.69) is 212 Å². The summed E-state index contributed by atoms with van der Waals surface area (Å²) in [6.45, 7) is 4.39. The number of allylic oxidation sites excluding steroid dienone is 7. The van der Waals surface area contributed by atoms with Crippen LogP contribution in [-0.4, -0.2) is 0 Å². The molecule has 11 rings (SSSR count). The Morgan fingerprint density at radius 1 is 0.621 bits per heavy atom. The summed E-state index contributed by atoms with van der Waals surface area (Å²) in [5, 5.41) is 9.65. The lowest BCUT2D eigenvalue weighted by atomic mass is 9.78. The van der Waals surface area contributed by atoms with Crippen LogP contribution in [0.25, 0.3) is 77.5 Å². The lowest BCUT2D eigenvalue weighted by Gasteiger charge is -2.34. The van der Waals surface area contributed by atoms with Gasteiger partial charge in [0, 0.05) is 33.6 Å². The van der Waals surface area contributed by atoms with E-state index >= 15 is 0 Å². The van der Waals surface area contributed by atoms with Crippen LogP contribution in [-0.2, 0) is 0 Å². The van der Waals surface area contributed by atoms with Gasteiger partial charge in [0.05, 0.1) is 5.69 Å². The Hall–Kier alpha value is -7.42. The van der Waals surface area contributed by atoms with Gasteiger partial charge in [-0.3, -0.25) is 0 Å². The van der Waals surface area contributed by atoms with Crippen molar-refractivity contribution in [3.05, 3.63) is 234 Å². The molecule has 1 atom stereocenters. The van der Waals surface area contributed by atoms with E-state index in [0.717, 1.165) is 62.1 Å². The zero-order valence-electron chi connectivity index (χ0n) is 32.0. The normalized spacial score (nSPS) is 15.2. The molecule has 0 saturated heterocycles. The largest absolute Gasteiger partial charge is 0.456 e. The van der Waals surface area contributed by atoms with Crippen molar-refractivity contribution in [1.29, 1.82) is 0 Å². The second-order valence-electron chi connectivity index (χ2n) is 15.3. The van der Waals surface area contributed by atoms with Gasteiger partial charge in [-0.1, -0.05) is 158 Å². The van der Waals surface area contributed by atoms with Crippen molar-refractivity contribution < 1.29 is 4.42 Å². The summed E-state index contributed by atoms with van der Waals surface area (Å²) in [5.74, 6) is 0.330. The summed E-state index contributed by atoms with van der Waals surface area (Å²) in [7, 11) is 0. The Morgan fingerprint density at radius 2 is 1.38 bits per heavy atom. The fraction of sp³-hybridized carbons (Fsp3) is 0.0357. The van der Waals surface area contributed by atoms with E-state index in [9.17, 15) is 0 Å². The minimum atomic E-state index is 0.330. The third kappa shape index (κ3) is 5.81. The topological polar surface area (TPSA) is 16.4 Å². The number of hydrogen-bond donors (Lipinski definition) is 0. The molecule has 0 saturated carbocycles. The Balaban J connectivity index is 1.03. The van der Waals surface area contributed by atoms with Gasteiger partial charge in [-0.2, -0.15) is 0 Å². The number of benzene rings is 8. The number of hydrogen-bond acceptors (Lipinski definition) is 2. The van der Waals surface area contributed by atoms with Crippen molar-refractivity contribution in [3.8, 4) is 11.1 Å². The smallest absolute Gasteiger partial charge is 0.136 e. The van der Waals surface area contributed by atoms with E-state index in [4.69, 9.17) is 4.42 Å². The van der Waals surface area contributed by atoms with Gasteiger partial charge < -0.3 is 9.32 Å². The number of fused-ring (bicyclic) bond motifs is 10. The van der Waals surface area contributed by atoms with E-state index < -0.39 is 0 Å². The second-order valence-corrected chi connectivity index (χ2v) is 15.3. The molecule has 0 bridgehead atoms. The number of furan rings is 1. The van der Waals surface area contributed by atoms with Crippen LogP contribution in [0.3, 0.4) is 0 Å². The lowest BCUT2D eigenvalue weighted by molar-refractivity contribution is 0.669. The molecule has 0 radical (unpaired) electrons.